The van der Waals surface area contributed by atoms with Crippen LogP contribution in [0.4, 0.5) is 10.1 Å². The summed E-state index contributed by atoms with van der Waals surface area (Å²) in [5.74, 6) is -0.262. The normalized spacial score (nSPS) is 10.4. The van der Waals surface area contributed by atoms with Crippen LogP contribution in [0.25, 0.3) is 0 Å². The van der Waals surface area contributed by atoms with Gasteiger partial charge in [0.05, 0.1) is 4.92 Å². The first-order valence-corrected chi connectivity index (χ1v) is 6.40. The number of hydrogen-bond acceptors (Lipinski definition) is 4. The lowest BCUT2D eigenvalue weighted by molar-refractivity contribution is -0.387. The second-order valence-corrected chi connectivity index (χ2v) is 4.82. The van der Waals surface area contributed by atoms with Crippen LogP contribution in [0.2, 0.25) is 0 Å². The van der Waals surface area contributed by atoms with E-state index in [4.69, 9.17) is 0 Å². The van der Waals surface area contributed by atoms with Crippen molar-refractivity contribution in [3.05, 3.63) is 64.0 Å². The smallest absolute Gasteiger partial charge is 0.304 e. The lowest BCUT2D eigenvalue weighted by Gasteiger charge is -2.04. The fraction of sp³-hybridized carbons (Fsp3) is 0.0769. The van der Waals surface area contributed by atoms with Gasteiger partial charge in [-0.2, -0.15) is 4.39 Å². The maximum Gasteiger partial charge on any atom is 0.304 e. The van der Waals surface area contributed by atoms with Gasteiger partial charge in [0.1, 0.15) is 5.75 Å². The molecule has 0 spiro atoms. The maximum atomic E-state index is 13.4. The van der Waals surface area contributed by atoms with Gasteiger partial charge in [-0.25, -0.2) is 0 Å². The molecule has 0 aliphatic carbocycles. The number of para-hydroxylation sites is 1. The third-order valence-electron chi connectivity index (χ3n) is 2.47. The second kappa shape index (κ2) is 5.71. The van der Waals surface area contributed by atoms with Gasteiger partial charge in [0.2, 0.25) is 5.82 Å². The van der Waals surface area contributed by atoms with Gasteiger partial charge in [-0.05, 0) is 23.8 Å². The molecular weight excluding hydrogens is 269 g/mol. The number of aromatic hydroxyl groups is 1. The van der Waals surface area contributed by atoms with Gasteiger partial charge < -0.3 is 5.11 Å². The fourth-order valence-electron chi connectivity index (χ4n) is 1.53. The molecule has 0 saturated heterocycles. The van der Waals surface area contributed by atoms with Gasteiger partial charge in [-0.3, -0.25) is 10.1 Å². The van der Waals surface area contributed by atoms with E-state index < -0.39 is 16.4 Å². The number of benzene rings is 2. The lowest BCUT2D eigenvalue weighted by Crippen LogP contribution is -1.93. The van der Waals surface area contributed by atoms with Crippen molar-refractivity contribution in [2.45, 2.75) is 10.6 Å². The van der Waals surface area contributed by atoms with Crippen molar-refractivity contribution < 1.29 is 14.4 Å². The van der Waals surface area contributed by atoms with Gasteiger partial charge >= 0.3 is 5.69 Å². The summed E-state index contributed by atoms with van der Waals surface area (Å²) in [6, 6.07) is 10.6. The number of nitro groups is 1. The van der Waals surface area contributed by atoms with Crippen molar-refractivity contribution in [2.75, 3.05) is 0 Å². The molecule has 98 valence electrons. The Morgan fingerprint density at radius 1 is 1.26 bits per heavy atom. The molecule has 2 rings (SSSR count). The number of thioether (sulfide) groups is 1. The minimum Gasteiger partial charge on any atom is -0.507 e. The summed E-state index contributed by atoms with van der Waals surface area (Å²) in [4.78, 5) is 10.4. The fourth-order valence-corrected chi connectivity index (χ4v) is 2.42. The summed E-state index contributed by atoms with van der Waals surface area (Å²) in [7, 11) is 0. The second-order valence-electron chi connectivity index (χ2n) is 3.80. The summed E-state index contributed by atoms with van der Waals surface area (Å²) >= 11 is 1.34. The van der Waals surface area contributed by atoms with Crippen molar-refractivity contribution in [1.29, 1.82) is 0 Å². The Kier molecular flexibility index (Phi) is 4.01. The number of halogens is 1. The van der Waals surface area contributed by atoms with E-state index in [9.17, 15) is 19.6 Å². The third kappa shape index (κ3) is 3.23. The zero-order valence-corrected chi connectivity index (χ0v) is 10.6. The van der Waals surface area contributed by atoms with Crippen LogP contribution in [0.1, 0.15) is 5.56 Å². The number of nitro benzene ring substituents is 1. The SMILES string of the molecule is O=[N+]([O-])c1ccc(CSc2ccccc2O)cc1F. The molecular formula is C13H10FNO3S. The van der Waals surface area contributed by atoms with E-state index >= 15 is 0 Å². The predicted octanol–water partition coefficient (Wildman–Crippen LogP) is 3.73. The van der Waals surface area contributed by atoms with Crippen LogP contribution < -0.4 is 0 Å². The molecule has 2 aromatic rings. The monoisotopic (exact) mass is 279 g/mol. The molecule has 0 unspecified atom stereocenters. The Morgan fingerprint density at radius 2 is 2.00 bits per heavy atom. The van der Waals surface area contributed by atoms with Crippen molar-refractivity contribution >= 4 is 17.4 Å². The average Bonchev–Trinajstić information content (AvgIpc) is 2.37. The molecule has 0 aliphatic heterocycles. The highest BCUT2D eigenvalue weighted by molar-refractivity contribution is 7.98. The van der Waals surface area contributed by atoms with Crippen LogP contribution >= 0.6 is 11.8 Å². The molecule has 0 aliphatic rings. The molecule has 0 bridgehead atoms. The number of nitrogens with zero attached hydrogens (tertiary/aromatic N) is 1. The average molecular weight is 279 g/mol. The number of hydrogen-bond donors (Lipinski definition) is 1. The van der Waals surface area contributed by atoms with Crippen molar-refractivity contribution in [3.8, 4) is 5.75 Å². The molecule has 1 N–H and O–H groups in total. The van der Waals surface area contributed by atoms with E-state index in [0.29, 0.717) is 16.2 Å². The molecule has 4 nitrogen and oxygen atoms in total. The molecule has 0 fully saturated rings. The van der Waals surface area contributed by atoms with E-state index in [1.54, 1.807) is 24.3 Å². The van der Waals surface area contributed by atoms with E-state index in [0.717, 1.165) is 12.1 Å². The first kappa shape index (κ1) is 13.4. The van der Waals surface area contributed by atoms with Crippen molar-refractivity contribution in [1.82, 2.24) is 0 Å². The maximum absolute atomic E-state index is 13.4. The minimum absolute atomic E-state index is 0.162. The van der Waals surface area contributed by atoms with Crippen LogP contribution in [0.3, 0.4) is 0 Å². The van der Waals surface area contributed by atoms with Crippen LogP contribution in [0.15, 0.2) is 47.4 Å². The molecule has 0 radical (unpaired) electrons. The summed E-state index contributed by atoms with van der Waals surface area (Å²) in [6.45, 7) is 0. The Labute approximate surface area is 113 Å². The van der Waals surface area contributed by atoms with Gasteiger partial charge in [0.25, 0.3) is 0 Å². The van der Waals surface area contributed by atoms with Crippen LogP contribution in [-0.4, -0.2) is 10.0 Å². The molecule has 0 amide bonds. The Morgan fingerprint density at radius 3 is 2.63 bits per heavy atom. The van der Waals surface area contributed by atoms with Gasteiger partial charge in [0.15, 0.2) is 0 Å². The van der Waals surface area contributed by atoms with Crippen molar-refractivity contribution in [3.63, 3.8) is 0 Å². The van der Waals surface area contributed by atoms with E-state index in [1.807, 2.05) is 0 Å². The highest BCUT2D eigenvalue weighted by Crippen LogP contribution is 2.31. The molecule has 0 saturated carbocycles. The first-order valence-electron chi connectivity index (χ1n) is 5.41. The van der Waals surface area contributed by atoms with E-state index in [1.165, 1.54) is 17.8 Å². The quantitative estimate of drug-likeness (QED) is 0.526. The highest BCUT2D eigenvalue weighted by Gasteiger charge is 2.13. The van der Waals surface area contributed by atoms with E-state index in [-0.39, 0.29) is 5.75 Å². The molecule has 0 aromatic heterocycles. The third-order valence-corrected chi connectivity index (χ3v) is 3.60. The summed E-state index contributed by atoms with van der Waals surface area (Å²) in [5.41, 5.74) is 0.0904. The molecule has 19 heavy (non-hydrogen) atoms. The van der Waals surface area contributed by atoms with Gasteiger partial charge in [-0.1, -0.05) is 18.2 Å². The predicted molar refractivity (Wildman–Crippen MR) is 70.7 cm³/mol. The van der Waals surface area contributed by atoms with Gasteiger partial charge in [-0.15, -0.1) is 11.8 Å². The van der Waals surface area contributed by atoms with Crippen LogP contribution in [0.5, 0.6) is 5.75 Å². The van der Waals surface area contributed by atoms with Crippen LogP contribution in [0, 0.1) is 15.9 Å². The molecule has 0 heterocycles. The zero-order valence-electron chi connectivity index (χ0n) is 9.75. The summed E-state index contributed by atoms with van der Waals surface area (Å²) < 4.78 is 13.4. The van der Waals surface area contributed by atoms with Crippen LogP contribution in [-0.2, 0) is 5.75 Å². The molecule has 0 atom stereocenters. The summed E-state index contributed by atoms with van der Waals surface area (Å²) in [6.07, 6.45) is 0. The first-order chi connectivity index (χ1) is 9.08. The standard InChI is InChI=1S/C13H10FNO3S/c14-10-7-9(5-6-11(10)15(17)18)8-19-13-4-2-1-3-12(13)16/h1-7,16H,8H2. The molecule has 2 aromatic carbocycles. The highest BCUT2D eigenvalue weighted by atomic mass is 32.2. The van der Waals surface area contributed by atoms with Crippen molar-refractivity contribution in [2.24, 2.45) is 0 Å². The summed E-state index contributed by atoms with van der Waals surface area (Å²) in [5, 5.41) is 20.1. The van der Waals surface area contributed by atoms with E-state index in [2.05, 4.69) is 0 Å². The van der Waals surface area contributed by atoms with Gasteiger partial charge in [0, 0.05) is 16.7 Å². The lowest BCUT2D eigenvalue weighted by atomic mass is 10.2. The minimum atomic E-state index is -0.847. The Bertz CT molecular complexity index is 619. The largest absolute Gasteiger partial charge is 0.507 e. The number of phenolic OH excluding ortho intramolecular Hbond substituents is 1. The Hall–Kier alpha value is -2.08. The molecule has 6 heteroatoms. The zero-order chi connectivity index (χ0) is 13.8. The number of phenols is 1. The Balaban J connectivity index is 2.11. The topological polar surface area (TPSA) is 63.4 Å². The number of rotatable bonds is 4.